The van der Waals surface area contributed by atoms with Crippen LogP contribution in [-0.2, 0) is 6.54 Å². The Morgan fingerprint density at radius 1 is 1.36 bits per heavy atom. The third-order valence-electron chi connectivity index (χ3n) is 4.49. The van der Waals surface area contributed by atoms with Crippen LogP contribution in [0.3, 0.4) is 0 Å². The Morgan fingerprint density at radius 2 is 2.18 bits per heavy atom. The van der Waals surface area contributed by atoms with E-state index in [0.717, 1.165) is 29.9 Å². The lowest BCUT2D eigenvalue weighted by molar-refractivity contribution is 0.293. The van der Waals surface area contributed by atoms with Gasteiger partial charge in [0.1, 0.15) is 5.82 Å². The summed E-state index contributed by atoms with van der Waals surface area (Å²) >= 11 is 0. The van der Waals surface area contributed by atoms with Crippen molar-refractivity contribution in [2.75, 3.05) is 20.1 Å². The second-order valence-electron chi connectivity index (χ2n) is 6.02. The molecule has 1 atom stereocenters. The molecule has 118 valence electrons. The molecular formula is C17H23FN4. The van der Waals surface area contributed by atoms with Gasteiger partial charge in [0.15, 0.2) is 0 Å². The van der Waals surface area contributed by atoms with Gasteiger partial charge >= 0.3 is 0 Å². The van der Waals surface area contributed by atoms with Gasteiger partial charge in [0, 0.05) is 23.7 Å². The molecule has 22 heavy (non-hydrogen) atoms. The molecular weight excluding hydrogens is 279 g/mol. The van der Waals surface area contributed by atoms with Crippen LogP contribution in [-0.4, -0.2) is 41.3 Å². The molecule has 1 saturated heterocycles. The summed E-state index contributed by atoms with van der Waals surface area (Å²) in [6.45, 7) is 3.00. The van der Waals surface area contributed by atoms with E-state index in [4.69, 9.17) is 0 Å². The first-order chi connectivity index (χ1) is 10.7. The first kappa shape index (κ1) is 15.2. The number of hydrogen-bond acceptors (Lipinski definition) is 3. The summed E-state index contributed by atoms with van der Waals surface area (Å²) in [6.07, 6.45) is 5.65. The summed E-state index contributed by atoms with van der Waals surface area (Å²) < 4.78 is 13.0. The molecule has 5 heteroatoms. The summed E-state index contributed by atoms with van der Waals surface area (Å²) in [7, 11) is 2.21. The summed E-state index contributed by atoms with van der Waals surface area (Å²) in [5.41, 5.74) is 3.04. The van der Waals surface area contributed by atoms with Crippen LogP contribution < -0.4 is 5.32 Å². The van der Waals surface area contributed by atoms with Crippen molar-refractivity contribution >= 4 is 0 Å². The smallest absolute Gasteiger partial charge is 0.123 e. The number of H-pyrrole nitrogens is 1. The molecule has 1 unspecified atom stereocenters. The molecule has 0 spiro atoms. The van der Waals surface area contributed by atoms with E-state index in [1.807, 2.05) is 6.20 Å². The van der Waals surface area contributed by atoms with Crippen LogP contribution in [0.1, 0.15) is 24.8 Å². The Labute approximate surface area is 130 Å². The average Bonchev–Trinajstić information content (AvgIpc) is 3.14. The number of aromatic nitrogens is 2. The molecule has 1 fully saturated rings. The Morgan fingerprint density at radius 3 is 2.91 bits per heavy atom. The van der Waals surface area contributed by atoms with Crippen molar-refractivity contribution in [1.29, 1.82) is 0 Å². The molecule has 2 aromatic rings. The molecule has 2 N–H and O–H groups in total. The highest BCUT2D eigenvalue weighted by molar-refractivity contribution is 5.62. The van der Waals surface area contributed by atoms with Gasteiger partial charge < -0.3 is 10.2 Å². The molecule has 1 aromatic heterocycles. The van der Waals surface area contributed by atoms with Gasteiger partial charge in [0.25, 0.3) is 0 Å². The Bertz CT molecular complexity index is 593. The van der Waals surface area contributed by atoms with Crippen molar-refractivity contribution in [2.24, 2.45) is 0 Å². The quantitative estimate of drug-likeness (QED) is 0.807. The SMILES string of the molecule is CN1CCCC1CCNCc1cn[nH]c1-c1ccc(F)cc1. The fourth-order valence-corrected chi connectivity index (χ4v) is 3.15. The number of benzene rings is 1. The summed E-state index contributed by atoms with van der Waals surface area (Å²) in [4.78, 5) is 2.45. The van der Waals surface area contributed by atoms with Gasteiger partial charge in [0.2, 0.25) is 0 Å². The van der Waals surface area contributed by atoms with Crippen LogP contribution in [0.2, 0.25) is 0 Å². The van der Waals surface area contributed by atoms with E-state index in [1.165, 1.54) is 37.9 Å². The van der Waals surface area contributed by atoms with Crippen LogP contribution >= 0.6 is 0 Å². The lowest BCUT2D eigenvalue weighted by Gasteiger charge is -2.19. The zero-order valence-corrected chi connectivity index (χ0v) is 13.0. The zero-order valence-electron chi connectivity index (χ0n) is 13.0. The molecule has 0 radical (unpaired) electrons. The van der Waals surface area contributed by atoms with Crippen LogP contribution in [0.25, 0.3) is 11.3 Å². The average molecular weight is 302 g/mol. The van der Waals surface area contributed by atoms with E-state index in [1.54, 1.807) is 12.1 Å². The molecule has 1 aromatic carbocycles. The summed E-state index contributed by atoms with van der Waals surface area (Å²) in [5, 5.41) is 10.6. The predicted octanol–water partition coefficient (Wildman–Crippen LogP) is 2.79. The minimum atomic E-state index is -0.219. The number of halogens is 1. The maximum Gasteiger partial charge on any atom is 0.123 e. The number of aromatic amines is 1. The van der Waals surface area contributed by atoms with E-state index in [0.29, 0.717) is 6.04 Å². The van der Waals surface area contributed by atoms with Gasteiger partial charge in [-0.3, -0.25) is 5.10 Å². The molecule has 1 aliphatic heterocycles. The normalized spacial score (nSPS) is 18.9. The molecule has 0 amide bonds. The van der Waals surface area contributed by atoms with Gasteiger partial charge in [-0.25, -0.2) is 4.39 Å². The van der Waals surface area contributed by atoms with Crippen molar-refractivity contribution in [3.05, 3.63) is 41.8 Å². The van der Waals surface area contributed by atoms with Gasteiger partial charge in [-0.2, -0.15) is 5.10 Å². The van der Waals surface area contributed by atoms with E-state index in [-0.39, 0.29) is 5.82 Å². The van der Waals surface area contributed by atoms with E-state index in [2.05, 4.69) is 27.5 Å². The zero-order chi connectivity index (χ0) is 15.4. The van der Waals surface area contributed by atoms with Gasteiger partial charge in [-0.05, 0) is 63.7 Å². The molecule has 0 aliphatic carbocycles. The first-order valence-corrected chi connectivity index (χ1v) is 7.93. The number of rotatable bonds is 6. The maximum absolute atomic E-state index is 13.0. The van der Waals surface area contributed by atoms with E-state index >= 15 is 0 Å². The number of hydrogen-bond donors (Lipinski definition) is 2. The van der Waals surface area contributed by atoms with Gasteiger partial charge in [-0.15, -0.1) is 0 Å². The van der Waals surface area contributed by atoms with E-state index < -0.39 is 0 Å². The minimum absolute atomic E-state index is 0.219. The largest absolute Gasteiger partial charge is 0.312 e. The number of nitrogens with zero attached hydrogens (tertiary/aromatic N) is 2. The fraction of sp³-hybridized carbons (Fsp3) is 0.471. The highest BCUT2D eigenvalue weighted by atomic mass is 19.1. The van der Waals surface area contributed by atoms with Crippen LogP contribution in [0, 0.1) is 5.82 Å². The molecule has 1 aliphatic rings. The minimum Gasteiger partial charge on any atom is -0.312 e. The lowest BCUT2D eigenvalue weighted by Crippen LogP contribution is -2.29. The van der Waals surface area contributed by atoms with Gasteiger partial charge in [-0.1, -0.05) is 0 Å². The second kappa shape index (κ2) is 7.03. The highest BCUT2D eigenvalue weighted by Crippen LogP contribution is 2.21. The van der Waals surface area contributed by atoms with Crippen molar-refractivity contribution < 1.29 is 4.39 Å². The Balaban J connectivity index is 1.53. The maximum atomic E-state index is 13.0. The molecule has 3 rings (SSSR count). The van der Waals surface area contributed by atoms with Crippen molar-refractivity contribution in [2.45, 2.75) is 31.8 Å². The summed E-state index contributed by atoms with van der Waals surface area (Å²) in [5.74, 6) is -0.219. The predicted molar refractivity (Wildman–Crippen MR) is 86.0 cm³/mol. The Hall–Kier alpha value is -1.72. The molecule has 4 nitrogen and oxygen atoms in total. The number of nitrogens with one attached hydrogen (secondary N) is 2. The third-order valence-corrected chi connectivity index (χ3v) is 4.49. The van der Waals surface area contributed by atoms with Crippen molar-refractivity contribution in [3.8, 4) is 11.3 Å². The van der Waals surface area contributed by atoms with Crippen LogP contribution in [0.5, 0.6) is 0 Å². The van der Waals surface area contributed by atoms with E-state index in [9.17, 15) is 4.39 Å². The van der Waals surface area contributed by atoms with Crippen LogP contribution in [0.15, 0.2) is 30.5 Å². The number of likely N-dealkylation sites (tertiary alicyclic amines) is 1. The first-order valence-electron chi connectivity index (χ1n) is 7.93. The topological polar surface area (TPSA) is 44.0 Å². The van der Waals surface area contributed by atoms with Crippen molar-refractivity contribution in [1.82, 2.24) is 20.4 Å². The molecule has 0 saturated carbocycles. The van der Waals surface area contributed by atoms with Crippen LogP contribution in [0.4, 0.5) is 4.39 Å². The molecule has 2 heterocycles. The summed E-state index contributed by atoms with van der Waals surface area (Å²) in [6, 6.07) is 7.22. The third kappa shape index (κ3) is 3.54. The lowest BCUT2D eigenvalue weighted by atomic mass is 10.1. The van der Waals surface area contributed by atoms with Crippen molar-refractivity contribution in [3.63, 3.8) is 0 Å². The fourth-order valence-electron chi connectivity index (χ4n) is 3.15. The standard InChI is InChI=1S/C17H23FN4/c1-22-10-2-3-16(22)8-9-19-11-14-12-20-21-17(14)13-4-6-15(18)7-5-13/h4-7,12,16,19H,2-3,8-11H2,1H3,(H,20,21). The second-order valence-corrected chi connectivity index (χ2v) is 6.02. The van der Waals surface area contributed by atoms with Gasteiger partial charge in [0.05, 0.1) is 11.9 Å². The highest BCUT2D eigenvalue weighted by Gasteiger charge is 2.19. The Kier molecular flexibility index (Phi) is 4.85. The monoisotopic (exact) mass is 302 g/mol. The molecule has 0 bridgehead atoms.